The van der Waals surface area contributed by atoms with Crippen LogP contribution >= 0.6 is 0 Å². The Bertz CT molecular complexity index is 1930. The molecule has 7 rings (SSSR count). The van der Waals surface area contributed by atoms with Gasteiger partial charge in [-0.15, -0.1) is 12.1 Å². The van der Waals surface area contributed by atoms with Crippen LogP contribution in [0.3, 0.4) is 0 Å². The van der Waals surface area contributed by atoms with Gasteiger partial charge in [-0.25, -0.2) is 0 Å². The van der Waals surface area contributed by atoms with Crippen molar-refractivity contribution in [2.45, 2.75) is 26.2 Å². The van der Waals surface area contributed by atoms with Crippen LogP contribution < -0.4 is 4.90 Å². The molecule has 1 aromatic carbocycles. The molecule has 46 heavy (non-hydrogen) atoms. The van der Waals surface area contributed by atoms with Gasteiger partial charge in [-0.2, -0.15) is 0 Å². The van der Waals surface area contributed by atoms with Gasteiger partial charge in [0.05, 0.1) is 11.6 Å². The second kappa shape index (κ2) is 13.0. The number of hydrogen-bond donors (Lipinski definition) is 0. The Labute approximate surface area is 281 Å². The monoisotopic (exact) mass is 782 g/mol. The predicted octanol–water partition coefficient (Wildman–Crippen LogP) is 7.34. The molecular weight excluding hydrogens is 754 g/mol. The van der Waals surface area contributed by atoms with Gasteiger partial charge in [0.25, 0.3) is 0 Å². The number of anilines is 3. The van der Waals surface area contributed by atoms with Gasteiger partial charge in [0.15, 0.2) is 0 Å². The summed E-state index contributed by atoms with van der Waals surface area (Å²) in [6.07, 6.45) is 9.86. The van der Waals surface area contributed by atoms with E-state index in [1.807, 2.05) is 89.8 Å². The van der Waals surface area contributed by atoms with Crippen LogP contribution in [-0.4, -0.2) is 39.5 Å². The minimum Gasteiger partial charge on any atom is -0.343 e. The number of nitrogens with zero attached hydrogens (tertiary/aromatic N) is 9. The summed E-state index contributed by atoms with van der Waals surface area (Å²) in [5.41, 5.74) is 5.13. The Hall–Kier alpha value is -5.27. The van der Waals surface area contributed by atoms with E-state index in [1.165, 1.54) is 5.56 Å². The summed E-state index contributed by atoms with van der Waals surface area (Å²) < 4.78 is 3.27. The molecule has 9 nitrogen and oxygen atoms in total. The van der Waals surface area contributed by atoms with E-state index >= 15 is 0 Å². The van der Waals surface area contributed by atoms with Crippen LogP contribution in [0.2, 0.25) is 0 Å². The zero-order valence-electron chi connectivity index (χ0n) is 25.4. The molecule has 6 heterocycles. The van der Waals surface area contributed by atoms with E-state index in [1.54, 1.807) is 21.8 Å². The quantitative estimate of drug-likeness (QED) is 0.157. The Kier molecular flexibility index (Phi) is 8.68. The van der Waals surface area contributed by atoms with Crippen molar-refractivity contribution in [3.8, 4) is 34.4 Å². The van der Waals surface area contributed by atoms with E-state index in [2.05, 4.69) is 67.4 Å². The van der Waals surface area contributed by atoms with Crippen LogP contribution in [0.25, 0.3) is 34.4 Å². The molecule has 0 amide bonds. The first-order valence-electron chi connectivity index (χ1n) is 14.6. The summed E-state index contributed by atoms with van der Waals surface area (Å²) >= 11 is 0. The van der Waals surface area contributed by atoms with Crippen molar-refractivity contribution >= 4 is 17.3 Å². The van der Waals surface area contributed by atoms with Gasteiger partial charge >= 0.3 is 21.1 Å². The summed E-state index contributed by atoms with van der Waals surface area (Å²) in [7, 11) is 0. The fourth-order valence-corrected chi connectivity index (χ4v) is 4.89. The fourth-order valence-electron chi connectivity index (χ4n) is 4.89. The minimum absolute atomic E-state index is 0. The van der Waals surface area contributed by atoms with Crippen LogP contribution in [0.5, 0.6) is 0 Å². The third-order valence-electron chi connectivity index (χ3n) is 7.24. The van der Waals surface area contributed by atoms with E-state index in [4.69, 9.17) is 20.2 Å². The molecule has 0 unspecified atom stereocenters. The second-order valence-electron chi connectivity index (χ2n) is 11.4. The van der Waals surface area contributed by atoms with Gasteiger partial charge in [-0.1, -0.05) is 81.7 Å². The summed E-state index contributed by atoms with van der Waals surface area (Å²) in [5.74, 6) is 2.57. The molecule has 0 N–H and O–H groups in total. The van der Waals surface area contributed by atoms with Crippen molar-refractivity contribution < 1.29 is 21.1 Å². The molecule has 0 bridgehead atoms. The normalized spacial score (nSPS) is 11.2. The Morgan fingerprint density at radius 1 is 0.565 bits per heavy atom. The SMILES string of the molecule is CC(C)(C)c1ccc(N(c2cccc(-n3[c-]cc(-c4ccccn4)n3)n2)c2cccc(-n3[c-]cc(-c4ccccn4)n3)n2)cc1.[Pt+2]. The molecule has 6 aromatic heterocycles. The maximum absolute atomic E-state index is 5.02. The first-order chi connectivity index (χ1) is 21.9. The zero-order valence-corrected chi connectivity index (χ0v) is 27.7. The van der Waals surface area contributed by atoms with Gasteiger partial charge in [-0.05, 0) is 59.5 Å². The molecular formula is C36H29N9Pt. The summed E-state index contributed by atoms with van der Waals surface area (Å²) in [6.45, 7) is 6.61. The van der Waals surface area contributed by atoms with Crippen LogP contribution in [0.1, 0.15) is 26.3 Å². The van der Waals surface area contributed by atoms with Gasteiger partial charge < -0.3 is 9.36 Å². The predicted molar refractivity (Wildman–Crippen MR) is 174 cm³/mol. The summed E-state index contributed by atoms with van der Waals surface area (Å²) in [5, 5.41) is 9.40. The molecule has 0 atom stereocenters. The molecule has 10 heteroatoms. The average Bonchev–Trinajstić information content (AvgIpc) is 3.78. The van der Waals surface area contributed by atoms with Gasteiger partial charge in [0.2, 0.25) is 0 Å². The number of aromatic nitrogens is 8. The zero-order chi connectivity index (χ0) is 30.8. The average molecular weight is 783 g/mol. The first-order valence-corrected chi connectivity index (χ1v) is 14.6. The van der Waals surface area contributed by atoms with E-state index < -0.39 is 0 Å². The van der Waals surface area contributed by atoms with E-state index in [0.717, 1.165) is 17.1 Å². The molecule has 0 fully saturated rings. The van der Waals surface area contributed by atoms with E-state index in [9.17, 15) is 0 Å². The van der Waals surface area contributed by atoms with Gasteiger partial charge in [0.1, 0.15) is 11.6 Å². The van der Waals surface area contributed by atoms with Crippen LogP contribution in [0, 0.1) is 12.4 Å². The maximum atomic E-state index is 5.02. The number of hydrogen-bond acceptors (Lipinski definition) is 7. The molecule has 0 aliphatic rings. The number of pyridine rings is 4. The molecule has 0 aliphatic heterocycles. The molecule has 0 radical (unpaired) electrons. The topological polar surface area (TPSA) is 90.4 Å². The summed E-state index contributed by atoms with van der Waals surface area (Å²) in [6, 6.07) is 35.2. The van der Waals surface area contributed by atoms with Crippen molar-refractivity contribution in [1.82, 2.24) is 39.5 Å². The first kappa shape index (κ1) is 30.7. The number of rotatable bonds is 7. The smallest absolute Gasteiger partial charge is 0.343 e. The molecule has 0 saturated carbocycles. The summed E-state index contributed by atoms with van der Waals surface area (Å²) in [4.78, 5) is 20.9. The van der Waals surface area contributed by atoms with Crippen LogP contribution in [0.4, 0.5) is 17.3 Å². The second-order valence-corrected chi connectivity index (χ2v) is 11.4. The van der Waals surface area contributed by atoms with Crippen molar-refractivity contribution in [2.24, 2.45) is 0 Å². The largest absolute Gasteiger partial charge is 2.00 e. The van der Waals surface area contributed by atoms with Crippen molar-refractivity contribution in [3.63, 3.8) is 0 Å². The van der Waals surface area contributed by atoms with Crippen LogP contribution in [0.15, 0.2) is 122 Å². The maximum Gasteiger partial charge on any atom is 2.00 e. The van der Waals surface area contributed by atoms with Crippen LogP contribution in [-0.2, 0) is 26.5 Å². The minimum atomic E-state index is 0. The number of benzene rings is 1. The van der Waals surface area contributed by atoms with Crippen molar-refractivity contribution in [3.05, 3.63) is 140 Å². The van der Waals surface area contributed by atoms with E-state index in [-0.39, 0.29) is 26.5 Å². The fraction of sp³-hybridized carbons (Fsp3) is 0.111. The standard InChI is InChI=1S/C36H29N9.Pt/c1-36(2,3)26-16-18-27(19-17-26)45(34-14-8-12-32(39-34)43-24-20-30(41-43)28-10-4-6-22-37-28)35-15-9-13-33(40-35)44-25-21-31(42-44)29-11-5-7-23-38-29;/h4-23H,1-3H3;/q-2;+2. The Morgan fingerprint density at radius 2 is 1.07 bits per heavy atom. The molecule has 0 spiro atoms. The molecule has 0 aliphatic carbocycles. The third-order valence-corrected chi connectivity index (χ3v) is 7.24. The molecule has 0 saturated heterocycles. The van der Waals surface area contributed by atoms with E-state index in [0.29, 0.717) is 34.7 Å². The molecule has 7 aromatic rings. The Morgan fingerprint density at radius 3 is 1.50 bits per heavy atom. The van der Waals surface area contributed by atoms with Crippen molar-refractivity contribution in [1.29, 1.82) is 0 Å². The van der Waals surface area contributed by atoms with Crippen molar-refractivity contribution in [2.75, 3.05) is 4.90 Å². The van der Waals surface area contributed by atoms with Gasteiger partial charge in [0, 0.05) is 40.9 Å². The third kappa shape index (κ3) is 6.41. The van der Waals surface area contributed by atoms with Gasteiger partial charge in [-0.3, -0.25) is 35.0 Å². The Balaban J connectivity index is 0.00000372. The molecule has 228 valence electrons.